The minimum Gasteiger partial charge on any atom is -0.482 e. The molecule has 0 radical (unpaired) electrons. The van der Waals surface area contributed by atoms with E-state index in [1.165, 1.54) is 0 Å². The fourth-order valence-electron chi connectivity index (χ4n) is 3.09. The van der Waals surface area contributed by atoms with Crippen LogP contribution in [0.5, 0.6) is 5.75 Å². The highest BCUT2D eigenvalue weighted by Crippen LogP contribution is 2.24. The van der Waals surface area contributed by atoms with Crippen molar-refractivity contribution in [2.24, 2.45) is 5.92 Å². The number of aliphatic carboxylic acids is 1. The third kappa shape index (κ3) is 5.21. The quantitative estimate of drug-likeness (QED) is 0.803. The van der Waals surface area contributed by atoms with E-state index < -0.39 is 12.6 Å². The van der Waals surface area contributed by atoms with Crippen molar-refractivity contribution < 1.29 is 24.2 Å². The van der Waals surface area contributed by atoms with E-state index in [4.69, 9.17) is 9.84 Å². The third-order valence-corrected chi connectivity index (χ3v) is 4.50. The summed E-state index contributed by atoms with van der Waals surface area (Å²) >= 11 is 0. The molecule has 26 heavy (non-hydrogen) atoms. The summed E-state index contributed by atoms with van der Waals surface area (Å²) in [4.78, 5) is 38.8. The Kier molecular flexibility index (Phi) is 7.00. The number of rotatable bonds is 7. The van der Waals surface area contributed by atoms with Gasteiger partial charge in [0.1, 0.15) is 5.75 Å². The first-order chi connectivity index (χ1) is 12.4. The van der Waals surface area contributed by atoms with E-state index in [2.05, 4.69) is 0 Å². The van der Waals surface area contributed by atoms with Crippen molar-refractivity contribution in [3.05, 3.63) is 24.3 Å². The highest BCUT2D eigenvalue weighted by atomic mass is 16.5. The van der Waals surface area contributed by atoms with E-state index in [9.17, 15) is 14.4 Å². The molecule has 0 bridgehead atoms. The van der Waals surface area contributed by atoms with Gasteiger partial charge < -0.3 is 19.6 Å². The summed E-state index contributed by atoms with van der Waals surface area (Å²) in [5.74, 6) is -0.699. The van der Waals surface area contributed by atoms with Crippen LogP contribution in [0.2, 0.25) is 0 Å². The molecule has 0 aromatic heterocycles. The Hall–Kier alpha value is -2.57. The predicted molar refractivity (Wildman–Crippen MR) is 97.2 cm³/mol. The zero-order chi connectivity index (χ0) is 19.1. The standard InChI is InChI=1S/C19H26N2O5/c1-3-5-17(22)21-11-4-6-14(12-21)19(25)20(2)15-7-9-16(10-8-15)26-13-18(23)24/h7-10,14H,3-6,11-13H2,1-2H3,(H,23,24). The number of carbonyl (C=O) groups excluding carboxylic acids is 2. The Morgan fingerprint density at radius 3 is 2.58 bits per heavy atom. The van der Waals surface area contributed by atoms with Gasteiger partial charge in [0.05, 0.1) is 5.92 Å². The first-order valence-corrected chi connectivity index (χ1v) is 8.92. The van der Waals surface area contributed by atoms with Crippen molar-refractivity contribution in [1.82, 2.24) is 4.90 Å². The fourth-order valence-corrected chi connectivity index (χ4v) is 3.09. The molecule has 142 valence electrons. The number of likely N-dealkylation sites (tertiary alicyclic amines) is 1. The minimum absolute atomic E-state index is 0.0156. The van der Waals surface area contributed by atoms with Gasteiger partial charge in [0.2, 0.25) is 11.8 Å². The van der Waals surface area contributed by atoms with E-state index in [0.29, 0.717) is 24.4 Å². The van der Waals surface area contributed by atoms with Gasteiger partial charge in [-0.1, -0.05) is 6.92 Å². The van der Waals surface area contributed by atoms with Crippen LogP contribution in [0.15, 0.2) is 24.3 Å². The van der Waals surface area contributed by atoms with Crippen LogP contribution in [-0.4, -0.2) is 54.5 Å². The first-order valence-electron chi connectivity index (χ1n) is 8.92. The van der Waals surface area contributed by atoms with E-state index >= 15 is 0 Å². The van der Waals surface area contributed by atoms with Gasteiger partial charge in [-0.15, -0.1) is 0 Å². The molecule has 1 aliphatic rings. The van der Waals surface area contributed by atoms with E-state index in [1.807, 2.05) is 6.92 Å². The van der Waals surface area contributed by atoms with Crippen LogP contribution in [0.1, 0.15) is 32.6 Å². The Labute approximate surface area is 153 Å². The minimum atomic E-state index is -1.04. The Bertz CT molecular complexity index is 644. The normalized spacial score (nSPS) is 16.8. The van der Waals surface area contributed by atoms with Gasteiger partial charge in [0, 0.05) is 32.2 Å². The van der Waals surface area contributed by atoms with E-state index in [1.54, 1.807) is 41.1 Å². The molecule has 0 spiro atoms. The van der Waals surface area contributed by atoms with Gasteiger partial charge in [-0.05, 0) is 43.5 Å². The molecule has 0 saturated carbocycles. The number of hydrogen-bond acceptors (Lipinski definition) is 4. The number of hydrogen-bond donors (Lipinski definition) is 1. The second kappa shape index (κ2) is 9.22. The smallest absolute Gasteiger partial charge is 0.341 e. The van der Waals surface area contributed by atoms with Crippen LogP contribution in [0, 0.1) is 5.92 Å². The molecule has 1 aliphatic heterocycles. The van der Waals surface area contributed by atoms with Crippen molar-refractivity contribution in [1.29, 1.82) is 0 Å². The molecule has 1 fully saturated rings. The fraction of sp³-hybridized carbons (Fsp3) is 0.526. The number of anilines is 1. The average Bonchev–Trinajstić information content (AvgIpc) is 2.66. The van der Waals surface area contributed by atoms with Crippen molar-refractivity contribution in [2.45, 2.75) is 32.6 Å². The zero-order valence-corrected chi connectivity index (χ0v) is 15.3. The number of nitrogens with zero attached hydrogens (tertiary/aromatic N) is 2. The molecular weight excluding hydrogens is 336 g/mol. The Morgan fingerprint density at radius 1 is 1.27 bits per heavy atom. The van der Waals surface area contributed by atoms with Gasteiger partial charge in [-0.3, -0.25) is 9.59 Å². The summed E-state index contributed by atoms with van der Waals surface area (Å²) in [6.45, 7) is 2.77. The molecule has 7 nitrogen and oxygen atoms in total. The number of benzene rings is 1. The molecule has 0 aliphatic carbocycles. The highest BCUT2D eigenvalue weighted by Gasteiger charge is 2.30. The second-order valence-electron chi connectivity index (χ2n) is 6.50. The highest BCUT2D eigenvalue weighted by molar-refractivity contribution is 5.95. The number of amides is 2. The van der Waals surface area contributed by atoms with Gasteiger partial charge in [-0.25, -0.2) is 4.79 Å². The van der Waals surface area contributed by atoms with Crippen molar-refractivity contribution in [2.75, 3.05) is 31.6 Å². The monoisotopic (exact) mass is 362 g/mol. The second-order valence-corrected chi connectivity index (χ2v) is 6.50. The lowest BCUT2D eigenvalue weighted by Gasteiger charge is -2.34. The van der Waals surface area contributed by atoms with Crippen LogP contribution >= 0.6 is 0 Å². The summed E-state index contributed by atoms with van der Waals surface area (Å²) in [5.41, 5.74) is 0.703. The Balaban J connectivity index is 1.97. The Morgan fingerprint density at radius 2 is 1.96 bits per heavy atom. The summed E-state index contributed by atoms with van der Waals surface area (Å²) in [5, 5.41) is 8.62. The average molecular weight is 362 g/mol. The largest absolute Gasteiger partial charge is 0.482 e. The third-order valence-electron chi connectivity index (χ3n) is 4.50. The van der Waals surface area contributed by atoms with E-state index in [-0.39, 0.29) is 17.7 Å². The van der Waals surface area contributed by atoms with Crippen molar-refractivity contribution >= 4 is 23.5 Å². The van der Waals surface area contributed by atoms with Crippen molar-refractivity contribution in [3.63, 3.8) is 0 Å². The number of carbonyl (C=O) groups is 3. The molecule has 2 rings (SSSR count). The molecule has 1 unspecified atom stereocenters. The molecular formula is C19H26N2O5. The van der Waals surface area contributed by atoms with E-state index in [0.717, 1.165) is 25.8 Å². The lowest BCUT2D eigenvalue weighted by atomic mass is 9.96. The SMILES string of the molecule is CCCC(=O)N1CCCC(C(=O)N(C)c2ccc(OCC(=O)O)cc2)C1. The molecule has 1 aromatic carbocycles. The maximum absolute atomic E-state index is 12.8. The van der Waals surface area contributed by atoms with Crippen LogP contribution in [0.4, 0.5) is 5.69 Å². The summed E-state index contributed by atoms with van der Waals surface area (Å²) in [7, 11) is 1.71. The topological polar surface area (TPSA) is 87.2 Å². The maximum atomic E-state index is 12.8. The molecule has 1 N–H and O–H groups in total. The van der Waals surface area contributed by atoms with Gasteiger partial charge in [0.25, 0.3) is 0 Å². The summed E-state index contributed by atoms with van der Waals surface area (Å²) < 4.78 is 5.10. The molecule has 1 atom stereocenters. The lowest BCUT2D eigenvalue weighted by Crippen LogP contribution is -2.46. The molecule has 7 heteroatoms. The van der Waals surface area contributed by atoms with Crippen LogP contribution in [0.25, 0.3) is 0 Å². The number of carboxylic acids is 1. The number of piperidine rings is 1. The van der Waals surface area contributed by atoms with Crippen LogP contribution in [0.3, 0.4) is 0 Å². The molecule has 2 amide bonds. The maximum Gasteiger partial charge on any atom is 0.341 e. The summed E-state index contributed by atoms with van der Waals surface area (Å²) in [6.07, 6.45) is 2.94. The lowest BCUT2D eigenvalue weighted by molar-refractivity contribution is -0.139. The molecule has 1 saturated heterocycles. The van der Waals surface area contributed by atoms with Gasteiger partial charge in [0.15, 0.2) is 6.61 Å². The predicted octanol–water partition coefficient (Wildman–Crippen LogP) is 2.15. The van der Waals surface area contributed by atoms with Crippen molar-refractivity contribution in [3.8, 4) is 5.75 Å². The van der Waals surface area contributed by atoms with Gasteiger partial charge >= 0.3 is 5.97 Å². The van der Waals surface area contributed by atoms with Gasteiger partial charge in [-0.2, -0.15) is 0 Å². The van der Waals surface area contributed by atoms with Crippen LogP contribution < -0.4 is 9.64 Å². The van der Waals surface area contributed by atoms with Crippen LogP contribution in [-0.2, 0) is 14.4 Å². The number of carboxylic acid groups (broad SMARTS) is 1. The number of ether oxygens (including phenoxy) is 1. The first kappa shape index (κ1) is 19.8. The molecule has 1 heterocycles. The molecule has 1 aromatic rings. The zero-order valence-electron chi connectivity index (χ0n) is 15.3. The summed E-state index contributed by atoms with van der Waals surface area (Å²) in [6, 6.07) is 6.72.